The Bertz CT molecular complexity index is 1140. The van der Waals surface area contributed by atoms with Crippen LogP contribution in [0.5, 0.6) is 0 Å². The Hall–Kier alpha value is -0.520. The van der Waals surface area contributed by atoms with Crippen LogP contribution in [0.15, 0.2) is 23.3 Å². The highest BCUT2D eigenvalue weighted by atomic mass is 14.7. The van der Waals surface area contributed by atoms with Gasteiger partial charge in [-0.15, -0.1) is 0 Å². The average molecular weight is 641 g/mol. The zero-order valence-electron chi connectivity index (χ0n) is 32.5. The summed E-state index contributed by atoms with van der Waals surface area (Å²) in [7, 11) is 0. The molecule has 0 aliphatic heterocycles. The monoisotopic (exact) mass is 641 g/mol. The van der Waals surface area contributed by atoms with Crippen LogP contribution in [-0.2, 0) is 0 Å². The third-order valence-corrected chi connectivity index (χ3v) is 19.8. The summed E-state index contributed by atoms with van der Waals surface area (Å²) in [5.41, 5.74) is 6.06. The summed E-state index contributed by atoms with van der Waals surface area (Å²) >= 11 is 0. The number of rotatable bonds is 6. The normalized spacial score (nSPS) is 53.3. The SMILES string of the molecule is CC[C@H]1CCC2(C)C(=CCC3C2CCC2(C)C([C@H](C)C[C@@H](C)C4CC[C@H]5C6CC=C7C[C@@H](CC)CCC7(C)C6CCC45C)CC[C@@H]32)C1. The Kier molecular flexibility index (Phi) is 8.60. The zero-order chi connectivity index (χ0) is 32.9. The van der Waals surface area contributed by atoms with Crippen LogP contribution in [0.3, 0.4) is 0 Å². The maximum atomic E-state index is 2.82. The van der Waals surface area contributed by atoms with Crippen molar-refractivity contribution in [3.63, 3.8) is 0 Å². The van der Waals surface area contributed by atoms with Gasteiger partial charge < -0.3 is 0 Å². The third kappa shape index (κ3) is 4.97. The van der Waals surface area contributed by atoms with Gasteiger partial charge >= 0.3 is 0 Å². The molecule has 0 aromatic heterocycles. The molecule has 0 bridgehead atoms. The fourth-order valence-corrected chi connectivity index (χ4v) is 17.0. The number of allylic oxidation sites excluding steroid dienone is 4. The van der Waals surface area contributed by atoms with Crippen LogP contribution in [0.25, 0.3) is 0 Å². The third-order valence-electron chi connectivity index (χ3n) is 19.8. The molecule has 6 fully saturated rings. The molecule has 8 rings (SSSR count). The molecule has 0 saturated heterocycles. The van der Waals surface area contributed by atoms with E-state index in [0.717, 1.165) is 71.0 Å². The van der Waals surface area contributed by atoms with Crippen molar-refractivity contribution in [2.45, 2.75) is 177 Å². The minimum absolute atomic E-state index is 0.531. The molecule has 0 amide bonds. The topological polar surface area (TPSA) is 0 Å². The fourth-order valence-electron chi connectivity index (χ4n) is 17.0. The molecule has 47 heavy (non-hydrogen) atoms. The van der Waals surface area contributed by atoms with Crippen LogP contribution in [0.4, 0.5) is 0 Å². The Morgan fingerprint density at radius 1 is 0.553 bits per heavy atom. The lowest BCUT2D eigenvalue weighted by atomic mass is 9.46. The average Bonchev–Trinajstić information content (AvgIpc) is 3.61. The Labute approximate surface area is 292 Å². The van der Waals surface area contributed by atoms with Gasteiger partial charge in [0.1, 0.15) is 0 Å². The second-order valence-corrected chi connectivity index (χ2v) is 21.2. The molecule has 0 aromatic carbocycles. The number of hydrogen-bond acceptors (Lipinski definition) is 0. The standard InChI is InChI=1S/C47H76/c1-9-32-19-23-44(5)34(28-32)11-13-36-40-17-15-38(46(40,7)25-21-42(36)44)30(3)27-31(4)39-16-18-41-37-14-12-35-29-33(10-2)20-24-45(35,6)43(37)22-26-47(39,41)8/h11-12,30-33,36-43H,9-10,13-29H2,1-8H3/t30-,31-,32+,33+,36?,37?,38?,39?,40+,41+,42?,43?,44?,45?,46?,47?/m1/s1. The Balaban J connectivity index is 0.940. The summed E-state index contributed by atoms with van der Waals surface area (Å²) in [4.78, 5) is 0. The molecule has 0 heteroatoms. The first-order valence-electron chi connectivity index (χ1n) is 21.8. The van der Waals surface area contributed by atoms with E-state index in [1.54, 1.807) is 0 Å². The van der Waals surface area contributed by atoms with Crippen LogP contribution in [0.1, 0.15) is 177 Å². The summed E-state index contributed by atoms with van der Waals surface area (Å²) < 4.78 is 0. The van der Waals surface area contributed by atoms with Crippen molar-refractivity contribution in [3.05, 3.63) is 23.3 Å². The van der Waals surface area contributed by atoms with Crippen molar-refractivity contribution < 1.29 is 0 Å². The molecule has 0 aromatic rings. The van der Waals surface area contributed by atoms with Crippen molar-refractivity contribution in [2.24, 2.45) is 92.7 Å². The van der Waals surface area contributed by atoms with E-state index in [9.17, 15) is 0 Å². The molecule has 0 heterocycles. The van der Waals surface area contributed by atoms with Gasteiger partial charge in [-0.05, 0) is 202 Å². The predicted octanol–water partition coefficient (Wildman–Crippen LogP) is 13.9. The first-order chi connectivity index (χ1) is 22.5. The quantitative estimate of drug-likeness (QED) is 0.253. The van der Waals surface area contributed by atoms with Gasteiger partial charge in [-0.25, -0.2) is 0 Å². The summed E-state index contributed by atoms with van der Waals surface area (Å²) in [5, 5.41) is 0. The molecular weight excluding hydrogens is 565 g/mol. The van der Waals surface area contributed by atoms with Crippen LogP contribution >= 0.6 is 0 Å². The molecule has 0 nitrogen and oxygen atoms in total. The smallest absolute Gasteiger partial charge is 0.00851 e. The molecule has 16 atom stereocenters. The van der Waals surface area contributed by atoms with E-state index in [4.69, 9.17) is 0 Å². The molecule has 8 aliphatic rings. The van der Waals surface area contributed by atoms with Gasteiger partial charge in [-0.2, -0.15) is 0 Å². The molecule has 10 unspecified atom stereocenters. The second-order valence-electron chi connectivity index (χ2n) is 21.2. The van der Waals surface area contributed by atoms with Crippen molar-refractivity contribution >= 4 is 0 Å². The van der Waals surface area contributed by atoms with E-state index in [2.05, 4.69) is 67.5 Å². The lowest BCUT2D eigenvalue weighted by Crippen LogP contribution is -2.51. The first-order valence-corrected chi connectivity index (χ1v) is 21.8. The maximum Gasteiger partial charge on any atom is -0.00851 e. The van der Waals surface area contributed by atoms with Gasteiger partial charge in [-0.3, -0.25) is 0 Å². The van der Waals surface area contributed by atoms with E-state index in [-0.39, 0.29) is 0 Å². The van der Waals surface area contributed by atoms with E-state index in [0.29, 0.717) is 21.7 Å². The molecular formula is C47H76. The minimum Gasteiger partial charge on any atom is -0.0845 e. The molecule has 264 valence electrons. The van der Waals surface area contributed by atoms with Gasteiger partial charge in [0.15, 0.2) is 0 Å². The largest absolute Gasteiger partial charge is 0.0845 e. The van der Waals surface area contributed by atoms with E-state index < -0.39 is 0 Å². The van der Waals surface area contributed by atoms with Crippen LogP contribution in [0.2, 0.25) is 0 Å². The zero-order valence-corrected chi connectivity index (χ0v) is 32.5. The van der Waals surface area contributed by atoms with Gasteiger partial charge in [0.05, 0.1) is 0 Å². The molecule has 0 radical (unpaired) electrons. The molecule has 0 N–H and O–H groups in total. The van der Waals surface area contributed by atoms with Crippen LogP contribution in [-0.4, -0.2) is 0 Å². The van der Waals surface area contributed by atoms with Crippen molar-refractivity contribution in [3.8, 4) is 0 Å². The summed E-state index contributed by atoms with van der Waals surface area (Å²) in [6.07, 6.45) is 33.8. The molecule has 8 aliphatic carbocycles. The van der Waals surface area contributed by atoms with Gasteiger partial charge in [-0.1, -0.05) is 91.5 Å². The summed E-state index contributed by atoms with van der Waals surface area (Å²) in [6.45, 7) is 21.4. The lowest BCUT2D eigenvalue weighted by molar-refractivity contribution is -0.0619. The summed E-state index contributed by atoms with van der Waals surface area (Å²) in [6, 6.07) is 0. The fraction of sp³-hybridized carbons (Fsp3) is 0.915. The van der Waals surface area contributed by atoms with E-state index in [1.165, 1.54) is 122 Å². The highest BCUT2D eigenvalue weighted by Gasteiger charge is 2.61. The van der Waals surface area contributed by atoms with Crippen molar-refractivity contribution in [1.82, 2.24) is 0 Å². The van der Waals surface area contributed by atoms with Gasteiger partial charge in [0, 0.05) is 0 Å². The van der Waals surface area contributed by atoms with Gasteiger partial charge in [0.25, 0.3) is 0 Å². The van der Waals surface area contributed by atoms with Crippen molar-refractivity contribution in [2.75, 3.05) is 0 Å². The lowest BCUT2D eigenvalue weighted by Gasteiger charge is -2.59. The van der Waals surface area contributed by atoms with Crippen LogP contribution < -0.4 is 0 Å². The molecule has 6 saturated carbocycles. The first kappa shape index (κ1) is 33.6. The van der Waals surface area contributed by atoms with Crippen molar-refractivity contribution in [1.29, 1.82) is 0 Å². The van der Waals surface area contributed by atoms with Gasteiger partial charge in [0.2, 0.25) is 0 Å². The minimum atomic E-state index is 0.531. The summed E-state index contributed by atoms with van der Waals surface area (Å²) in [5.74, 6) is 11.5. The predicted molar refractivity (Wildman–Crippen MR) is 201 cm³/mol. The second kappa shape index (κ2) is 12.0. The molecule has 0 spiro atoms. The number of hydrogen-bond donors (Lipinski definition) is 0. The Morgan fingerprint density at radius 3 is 1.38 bits per heavy atom. The van der Waals surface area contributed by atoms with E-state index in [1.807, 2.05) is 11.1 Å². The maximum absolute atomic E-state index is 2.82. The highest BCUT2D eigenvalue weighted by Crippen LogP contribution is 2.70. The van der Waals surface area contributed by atoms with E-state index >= 15 is 0 Å². The van der Waals surface area contributed by atoms with Crippen LogP contribution in [0, 0.1) is 92.7 Å². The Morgan fingerprint density at radius 2 is 0.979 bits per heavy atom. The number of fused-ring (bicyclic) bond motifs is 10. The highest BCUT2D eigenvalue weighted by molar-refractivity contribution is 5.26.